The van der Waals surface area contributed by atoms with Crippen molar-refractivity contribution in [2.45, 2.75) is 71.0 Å². The highest BCUT2D eigenvalue weighted by atomic mass is 16.5. The molecule has 2 fully saturated rings. The summed E-state index contributed by atoms with van der Waals surface area (Å²) < 4.78 is 5.61. The summed E-state index contributed by atoms with van der Waals surface area (Å²) in [4.78, 5) is 25.6. The first-order valence-electron chi connectivity index (χ1n) is 8.95. The SMILES string of the molecule is CC/C1=C(/C)CCC(C)(O)CC2C(CCC3OCC32)C(=O)C1=O. The van der Waals surface area contributed by atoms with Crippen molar-refractivity contribution >= 4 is 11.6 Å². The lowest BCUT2D eigenvalue weighted by Crippen LogP contribution is -2.54. The largest absolute Gasteiger partial charge is 0.390 e. The van der Waals surface area contributed by atoms with Gasteiger partial charge in [-0.05, 0) is 58.3 Å². The van der Waals surface area contributed by atoms with Gasteiger partial charge in [-0.2, -0.15) is 0 Å². The topological polar surface area (TPSA) is 63.6 Å². The van der Waals surface area contributed by atoms with Crippen LogP contribution in [0.15, 0.2) is 11.1 Å². The quantitative estimate of drug-likeness (QED) is 0.755. The van der Waals surface area contributed by atoms with Crippen LogP contribution in [0.4, 0.5) is 0 Å². The van der Waals surface area contributed by atoms with E-state index in [4.69, 9.17) is 4.74 Å². The lowest BCUT2D eigenvalue weighted by Gasteiger charge is -2.50. The third-order valence-corrected chi connectivity index (χ3v) is 6.23. The second-order valence-corrected chi connectivity index (χ2v) is 7.89. The molecule has 3 rings (SSSR count). The molecule has 0 radical (unpaired) electrons. The molecule has 0 aromatic carbocycles. The Hall–Kier alpha value is -1.00. The Morgan fingerprint density at radius 1 is 1.26 bits per heavy atom. The molecule has 1 saturated carbocycles. The average molecular weight is 320 g/mol. The Bertz CT molecular complexity index is 546. The second kappa shape index (κ2) is 6.14. The van der Waals surface area contributed by atoms with Crippen LogP contribution >= 0.6 is 0 Å². The van der Waals surface area contributed by atoms with Crippen molar-refractivity contribution in [3.63, 3.8) is 0 Å². The summed E-state index contributed by atoms with van der Waals surface area (Å²) in [6.07, 6.45) is 4.30. The van der Waals surface area contributed by atoms with Gasteiger partial charge in [-0.3, -0.25) is 9.59 Å². The number of aliphatic hydroxyl groups is 1. The highest BCUT2D eigenvalue weighted by molar-refractivity contribution is 6.44. The first-order valence-corrected chi connectivity index (χ1v) is 8.95. The van der Waals surface area contributed by atoms with Crippen molar-refractivity contribution in [2.24, 2.45) is 17.8 Å². The number of ether oxygens (including phenoxy) is 1. The predicted molar refractivity (Wildman–Crippen MR) is 86.9 cm³/mol. The minimum Gasteiger partial charge on any atom is -0.390 e. The fourth-order valence-electron chi connectivity index (χ4n) is 4.71. The maximum Gasteiger partial charge on any atom is 0.224 e. The first kappa shape index (κ1) is 16.8. The molecule has 4 nitrogen and oxygen atoms in total. The summed E-state index contributed by atoms with van der Waals surface area (Å²) in [5, 5.41) is 10.8. The Morgan fingerprint density at radius 2 is 2.00 bits per heavy atom. The molecule has 0 aromatic heterocycles. The van der Waals surface area contributed by atoms with Crippen molar-refractivity contribution < 1.29 is 19.4 Å². The van der Waals surface area contributed by atoms with Crippen molar-refractivity contribution in [1.82, 2.24) is 0 Å². The van der Waals surface area contributed by atoms with Crippen molar-refractivity contribution in [2.75, 3.05) is 6.61 Å². The van der Waals surface area contributed by atoms with Gasteiger partial charge < -0.3 is 9.84 Å². The van der Waals surface area contributed by atoms with E-state index in [1.165, 1.54) is 0 Å². The van der Waals surface area contributed by atoms with Crippen molar-refractivity contribution in [1.29, 1.82) is 0 Å². The number of carbonyl (C=O) groups is 2. The van der Waals surface area contributed by atoms with Gasteiger partial charge in [0.05, 0.1) is 18.3 Å². The van der Waals surface area contributed by atoms with Gasteiger partial charge >= 0.3 is 0 Å². The molecular formula is C19H28O4. The molecule has 1 aliphatic heterocycles. The summed E-state index contributed by atoms with van der Waals surface area (Å²) in [7, 11) is 0. The molecule has 5 unspecified atom stereocenters. The van der Waals surface area contributed by atoms with E-state index >= 15 is 0 Å². The molecule has 0 amide bonds. The van der Waals surface area contributed by atoms with Gasteiger partial charge in [0.1, 0.15) is 0 Å². The fourth-order valence-corrected chi connectivity index (χ4v) is 4.71. The zero-order chi connectivity index (χ0) is 16.8. The van der Waals surface area contributed by atoms with Gasteiger partial charge in [0.25, 0.3) is 0 Å². The summed E-state index contributed by atoms with van der Waals surface area (Å²) in [6, 6.07) is 0. The normalized spacial score (nSPS) is 45.0. The zero-order valence-electron chi connectivity index (χ0n) is 14.4. The molecule has 1 heterocycles. The number of Topliss-reactive ketones (excluding diaryl/α,β-unsaturated/α-hetero) is 2. The highest BCUT2D eigenvalue weighted by Gasteiger charge is 2.50. The third-order valence-electron chi connectivity index (χ3n) is 6.23. The Kier molecular flexibility index (Phi) is 4.49. The summed E-state index contributed by atoms with van der Waals surface area (Å²) in [5.41, 5.74) is 0.838. The smallest absolute Gasteiger partial charge is 0.224 e. The molecular weight excluding hydrogens is 292 g/mol. The van der Waals surface area contributed by atoms with Crippen LogP contribution in [0, 0.1) is 17.8 Å². The van der Waals surface area contributed by atoms with Crippen LogP contribution in [0.1, 0.15) is 59.3 Å². The van der Waals surface area contributed by atoms with Gasteiger partial charge in [-0.25, -0.2) is 0 Å². The Morgan fingerprint density at radius 3 is 2.61 bits per heavy atom. The minimum atomic E-state index is -0.791. The van der Waals surface area contributed by atoms with E-state index in [0.717, 1.165) is 12.0 Å². The van der Waals surface area contributed by atoms with E-state index in [2.05, 4.69) is 0 Å². The Labute approximate surface area is 138 Å². The molecule has 23 heavy (non-hydrogen) atoms. The number of allylic oxidation sites excluding steroid dienone is 2. The van der Waals surface area contributed by atoms with Crippen LogP contribution in [0.3, 0.4) is 0 Å². The fraction of sp³-hybridized carbons (Fsp3) is 0.789. The van der Waals surface area contributed by atoms with E-state index < -0.39 is 5.60 Å². The molecule has 128 valence electrons. The van der Waals surface area contributed by atoms with E-state index in [1.54, 1.807) is 0 Å². The van der Waals surface area contributed by atoms with Gasteiger partial charge in [-0.15, -0.1) is 0 Å². The third kappa shape index (κ3) is 3.03. The molecule has 1 saturated heterocycles. The molecule has 0 aromatic rings. The van der Waals surface area contributed by atoms with Gasteiger partial charge in [0.2, 0.25) is 11.6 Å². The molecule has 0 spiro atoms. The van der Waals surface area contributed by atoms with E-state index in [0.29, 0.717) is 50.2 Å². The van der Waals surface area contributed by atoms with E-state index in [-0.39, 0.29) is 29.5 Å². The summed E-state index contributed by atoms with van der Waals surface area (Å²) >= 11 is 0. The number of carbonyl (C=O) groups excluding carboxylic acids is 2. The molecule has 0 bridgehead atoms. The van der Waals surface area contributed by atoms with Crippen LogP contribution in [0.25, 0.3) is 0 Å². The molecule has 1 N–H and O–H groups in total. The first-order chi connectivity index (χ1) is 10.8. The van der Waals surface area contributed by atoms with Crippen LogP contribution < -0.4 is 0 Å². The van der Waals surface area contributed by atoms with Crippen LogP contribution in [0.5, 0.6) is 0 Å². The second-order valence-electron chi connectivity index (χ2n) is 7.89. The Balaban J connectivity index is 1.97. The van der Waals surface area contributed by atoms with Crippen LogP contribution in [0.2, 0.25) is 0 Å². The summed E-state index contributed by atoms with van der Waals surface area (Å²) in [6.45, 7) is 6.40. The number of hydrogen-bond donors (Lipinski definition) is 1. The monoisotopic (exact) mass is 320 g/mol. The number of ketones is 2. The molecule has 4 heteroatoms. The average Bonchev–Trinajstić information content (AvgIpc) is 2.46. The minimum absolute atomic E-state index is 0.0745. The number of fused-ring (bicyclic) bond motifs is 3. The molecule has 3 aliphatic rings. The van der Waals surface area contributed by atoms with Crippen LogP contribution in [-0.2, 0) is 14.3 Å². The molecule has 2 aliphatic carbocycles. The predicted octanol–water partition coefficient (Wildman–Crippen LogP) is 2.83. The van der Waals surface area contributed by atoms with Crippen molar-refractivity contribution in [3.05, 3.63) is 11.1 Å². The summed E-state index contributed by atoms with van der Waals surface area (Å²) in [5.74, 6) is -0.349. The lowest BCUT2D eigenvalue weighted by molar-refractivity contribution is -0.184. The van der Waals surface area contributed by atoms with Gasteiger partial charge in [0, 0.05) is 17.4 Å². The maximum atomic E-state index is 12.9. The van der Waals surface area contributed by atoms with Crippen LogP contribution in [-0.4, -0.2) is 35.0 Å². The maximum absolute atomic E-state index is 12.9. The van der Waals surface area contributed by atoms with Gasteiger partial charge in [0.15, 0.2) is 0 Å². The standard InChI is InChI=1S/C19H28O4/c1-4-12-11(2)7-8-19(3,22)9-14-13(18(21)17(12)20)5-6-16-15(14)10-23-16/h13-16,22H,4-10H2,1-3H3/b12-11+. The molecule has 5 atom stereocenters. The van der Waals surface area contributed by atoms with Gasteiger partial charge in [-0.1, -0.05) is 12.5 Å². The van der Waals surface area contributed by atoms with E-state index in [1.807, 2.05) is 20.8 Å². The number of hydrogen-bond acceptors (Lipinski definition) is 4. The van der Waals surface area contributed by atoms with Crippen molar-refractivity contribution in [3.8, 4) is 0 Å². The van der Waals surface area contributed by atoms with E-state index in [9.17, 15) is 14.7 Å². The number of rotatable bonds is 1. The highest BCUT2D eigenvalue weighted by Crippen LogP contribution is 2.47. The lowest BCUT2D eigenvalue weighted by atomic mass is 9.62. The zero-order valence-corrected chi connectivity index (χ0v) is 14.4.